The van der Waals surface area contributed by atoms with E-state index in [0.29, 0.717) is 13.0 Å². The van der Waals surface area contributed by atoms with Crippen molar-refractivity contribution < 1.29 is 43.2 Å². The van der Waals surface area contributed by atoms with Crippen LogP contribution in [-0.2, 0) is 38.1 Å². The van der Waals surface area contributed by atoms with Crippen molar-refractivity contribution >= 4 is 23.9 Å². The first-order valence-electron chi connectivity index (χ1n) is 17.5. The summed E-state index contributed by atoms with van der Waals surface area (Å²) in [4.78, 5) is 48.7. The minimum absolute atomic E-state index is 0.0118. The third kappa shape index (κ3) is 6.30. The lowest BCUT2D eigenvalue weighted by molar-refractivity contribution is -0.173. The van der Waals surface area contributed by atoms with Crippen LogP contribution >= 0.6 is 0 Å². The number of fused-ring (bicyclic) bond motifs is 4. The molecule has 264 valence electrons. The molecule has 0 aromatic rings. The van der Waals surface area contributed by atoms with Gasteiger partial charge in [0.05, 0.1) is 6.10 Å². The summed E-state index contributed by atoms with van der Waals surface area (Å²) in [5.41, 5.74) is 1.58. The standard InChI is InChI=1S/C38H58O9/c1-12-44-29-20-30-35(7,8)31(46-24(5)40)16-17-36(30,9)26-15-18-37(10)27(19-32(47-25(6)41)38(37,11)33(26)29)22(3)28(45-23(4)39)14-13-21(2)34(42)43/h13,22,27-32H,12,14-20H2,1-11H3,(H,42,43)/b21-13+/t22-,27+,28-,29+,30-,31+,32-,36+,37+,38-/m0/s1. The molecule has 4 rings (SSSR count). The van der Waals surface area contributed by atoms with Gasteiger partial charge in [-0.15, -0.1) is 0 Å². The van der Waals surface area contributed by atoms with E-state index in [1.54, 1.807) is 13.0 Å². The zero-order valence-electron chi connectivity index (χ0n) is 30.5. The molecule has 0 aliphatic heterocycles. The van der Waals surface area contributed by atoms with Crippen LogP contribution in [0.3, 0.4) is 0 Å². The van der Waals surface area contributed by atoms with E-state index in [4.69, 9.17) is 18.9 Å². The minimum atomic E-state index is -1.00. The van der Waals surface area contributed by atoms with Gasteiger partial charge in [-0.25, -0.2) is 4.79 Å². The Labute approximate surface area is 281 Å². The van der Waals surface area contributed by atoms with Crippen LogP contribution in [0.15, 0.2) is 22.8 Å². The van der Waals surface area contributed by atoms with Crippen LogP contribution in [0, 0.1) is 39.4 Å². The average molecular weight is 659 g/mol. The van der Waals surface area contributed by atoms with E-state index >= 15 is 0 Å². The second kappa shape index (κ2) is 13.3. The Kier molecular flexibility index (Phi) is 10.5. The lowest BCUT2D eigenvalue weighted by Gasteiger charge is -2.64. The third-order valence-electron chi connectivity index (χ3n) is 13.3. The molecule has 0 bridgehead atoms. The largest absolute Gasteiger partial charge is 0.478 e. The van der Waals surface area contributed by atoms with Crippen molar-refractivity contribution in [3.05, 3.63) is 22.8 Å². The predicted molar refractivity (Wildman–Crippen MR) is 177 cm³/mol. The average Bonchev–Trinajstić information content (AvgIpc) is 3.19. The number of aliphatic carboxylic acids is 1. The summed E-state index contributed by atoms with van der Waals surface area (Å²) >= 11 is 0. The highest BCUT2D eigenvalue weighted by atomic mass is 16.6. The molecule has 2 saturated carbocycles. The second-order valence-electron chi connectivity index (χ2n) is 16.0. The molecular weight excluding hydrogens is 600 g/mol. The minimum Gasteiger partial charge on any atom is -0.478 e. The molecule has 4 aliphatic carbocycles. The molecule has 10 atom stereocenters. The molecule has 0 aromatic carbocycles. The zero-order chi connectivity index (χ0) is 35.3. The van der Waals surface area contributed by atoms with E-state index < -0.39 is 29.6 Å². The van der Waals surface area contributed by atoms with Crippen molar-refractivity contribution in [3.8, 4) is 0 Å². The van der Waals surface area contributed by atoms with E-state index in [0.717, 1.165) is 32.1 Å². The Hall–Kier alpha value is -2.68. The Morgan fingerprint density at radius 1 is 0.915 bits per heavy atom. The summed E-state index contributed by atoms with van der Waals surface area (Å²) in [6.07, 6.45) is 5.40. The zero-order valence-corrected chi connectivity index (χ0v) is 30.5. The van der Waals surface area contributed by atoms with Crippen molar-refractivity contribution in [1.82, 2.24) is 0 Å². The van der Waals surface area contributed by atoms with Gasteiger partial charge >= 0.3 is 23.9 Å². The molecule has 0 radical (unpaired) electrons. The lowest BCUT2D eigenvalue weighted by Crippen LogP contribution is -2.60. The van der Waals surface area contributed by atoms with Crippen LogP contribution in [-0.4, -0.2) is 60.0 Å². The summed E-state index contributed by atoms with van der Waals surface area (Å²) in [7, 11) is 0. The number of carbonyl (C=O) groups is 4. The summed E-state index contributed by atoms with van der Waals surface area (Å²) in [5, 5.41) is 9.48. The molecule has 0 heterocycles. The maximum absolute atomic E-state index is 12.7. The molecule has 0 aromatic heterocycles. The Morgan fingerprint density at radius 2 is 1.53 bits per heavy atom. The Balaban J connectivity index is 1.86. The molecular formula is C38H58O9. The smallest absolute Gasteiger partial charge is 0.330 e. The first-order valence-corrected chi connectivity index (χ1v) is 17.5. The number of rotatable bonds is 10. The SMILES string of the molecule is CCO[C@@H]1C[C@H]2C(C)(C)[C@H](OC(C)=O)CC[C@]2(C)C2=C1[C@]1(C)[C@@H](OC(C)=O)C[C@H]([C@H](C)[C@H](C/C=C(\C)C(=O)O)OC(C)=O)[C@@]1(C)CC2. The number of ether oxygens (including phenoxy) is 4. The quantitative estimate of drug-likeness (QED) is 0.112. The second-order valence-corrected chi connectivity index (χ2v) is 16.0. The maximum Gasteiger partial charge on any atom is 0.330 e. The molecule has 0 unspecified atom stereocenters. The van der Waals surface area contributed by atoms with Crippen molar-refractivity contribution in [1.29, 1.82) is 0 Å². The number of hydrogen-bond acceptors (Lipinski definition) is 8. The van der Waals surface area contributed by atoms with Crippen LogP contribution < -0.4 is 0 Å². The van der Waals surface area contributed by atoms with Gasteiger partial charge in [0.1, 0.15) is 18.3 Å². The third-order valence-corrected chi connectivity index (χ3v) is 13.3. The van der Waals surface area contributed by atoms with Crippen LogP contribution in [0.5, 0.6) is 0 Å². The van der Waals surface area contributed by atoms with Gasteiger partial charge in [0.15, 0.2) is 0 Å². The first-order chi connectivity index (χ1) is 21.7. The van der Waals surface area contributed by atoms with Crippen molar-refractivity contribution in [3.63, 3.8) is 0 Å². The number of carboxylic acids is 1. The van der Waals surface area contributed by atoms with Crippen molar-refractivity contribution in [2.45, 2.75) is 146 Å². The fourth-order valence-corrected chi connectivity index (χ4v) is 10.8. The number of allylic oxidation sites excluding steroid dienone is 1. The fourth-order valence-electron chi connectivity index (χ4n) is 10.8. The van der Waals surface area contributed by atoms with Gasteiger partial charge in [-0.05, 0) is 86.5 Å². The molecule has 9 heteroatoms. The fraction of sp³-hybridized carbons (Fsp3) is 0.789. The van der Waals surface area contributed by atoms with Gasteiger partial charge in [0.25, 0.3) is 0 Å². The van der Waals surface area contributed by atoms with Crippen molar-refractivity contribution in [2.75, 3.05) is 6.61 Å². The highest BCUT2D eigenvalue weighted by Crippen LogP contribution is 2.73. The predicted octanol–water partition coefficient (Wildman–Crippen LogP) is 7.21. The summed E-state index contributed by atoms with van der Waals surface area (Å²) in [6.45, 7) is 22.0. The molecule has 4 aliphatic rings. The lowest BCUT2D eigenvalue weighted by atomic mass is 9.42. The van der Waals surface area contributed by atoms with Crippen molar-refractivity contribution in [2.24, 2.45) is 39.4 Å². The summed E-state index contributed by atoms with van der Waals surface area (Å²) < 4.78 is 24.7. The number of carboxylic acid groups (broad SMARTS) is 1. The molecule has 0 spiro atoms. The monoisotopic (exact) mass is 658 g/mol. The molecule has 2 fully saturated rings. The van der Waals surface area contributed by atoms with Crippen LogP contribution in [0.4, 0.5) is 0 Å². The van der Waals surface area contributed by atoms with E-state index in [1.807, 2.05) is 6.92 Å². The molecule has 1 N–H and O–H groups in total. The van der Waals surface area contributed by atoms with E-state index in [1.165, 1.54) is 31.9 Å². The maximum atomic E-state index is 12.7. The van der Waals surface area contributed by atoms with Gasteiger partial charge in [-0.3, -0.25) is 14.4 Å². The van der Waals surface area contributed by atoms with E-state index in [-0.39, 0.29) is 70.1 Å². The van der Waals surface area contributed by atoms with Crippen LogP contribution in [0.25, 0.3) is 0 Å². The summed E-state index contributed by atoms with van der Waals surface area (Å²) in [6, 6.07) is 0. The molecule has 47 heavy (non-hydrogen) atoms. The topological polar surface area (TPSA) is 125 Å². The van der Waals surface area contributed by atoms with E-state index in [9.17, 15) is 24.3 Å². The first kappa shape index (κ1) is 37.1. The normalized spacial score (nSPS) is 37.5. The van der Waals surface area contributed by atoms with Crippen LogP contribution in [0.1, 0.15) is 121 Å². The van der Waals surface area contributed by atoms with Gasteiger partial charge in [0.2, 0.25) is 0 Å². The Bertz CT molecular complexity index is 1330. The highest BCUT2D eigenvalue weighted by Gasteiger charge is 2.70. The summed E-state index contributed by atoms with van der Waals surface area (Å²) in [5.74, 6) is -1.89. The highest BCUT2D eigenvalue weighted by molar-refractivity contribution is 5.85. The van der Waals surface area contributed by atoms with Gasteiger partial charge in [-0.1, -0.05) is 53.2 Å². The Morgan fingerprint density at radius 3 is 2.09 bits per heavy atom. The number of carbonyl (C=O) groups excluding carboxylic acids is 3. The molecule has 0 saturated heterocycles. The van der Waals surface area contributed by atoms with E-state index in [2.05, 4.69) is 41.5 Å². The molecule has 0 amide bonds. The van der Waals surface area contributed by atoms with Gasteiger partial charge < -0.3 is 24.1 Å². The van der Waals surface area contributed by atoms with Gasteiger partial charge in [0, 0.05) is 50.2 Å². The van der Waals surface area contributed by atoms with Gasteiger partial charge in [-0.2, -0.15) is 0 Å². The molecule has 9 nitrogen and oxygen atoms in total. The number of hydrogen-bond donors (Lipinski definition) is 1. The number of esters is 3. The van der Waals surface area contributed by atoms with Crippen LogP contribution in [0.2, 0.25) is 0 Å².